The fraction of sp³-hybridized carbons (Fsp3) is 0.0625. The summed E-state index contributed by atoms with van der Waals surface area (Å²) in [6.07, 6.45) is -4.65. The fourth-order valence-corrected chi connectivity index (χ4v) is 2.31. The Morgan fingerprint density at radius 1 is 0.840 bits per heavy atom. The summed E-state index contributed by atoms with van der Waals surface area (Å²) in [6.45, 7) is 0. The van der Waals surface area contributed by atoms with E-state index >= 15 is 0 Å². The first kappa shape index (κ1) is 17.4. The number of aromatic amines is 1. The highest BCUT2D eigenvalue weighted by Gasteiger charge is 2.38. The van der Waals surface area contributed by atoms with Crippen molar-refractivity contribution in [3.63, 3.8) is 0 Å². The van der Waals surface area contributed by atoms with Crippen molar-refractivity contribution in [2.75, 3.05) is 0 Å². The van der Waals surface area contributed by atoms with E-state index < -0.39 is 17.6 Å². The van der Waals surface area contributed by atoms with Crippen LogP contribution in [0.1, 0.15) is 5.69 Å². The highest BCUT2D eigenvalue weighted by molar-refractivity contribution is 6.30. The number of nitrogens with one attached hydrogen (secondary N) is 1. The molecule has 0 saturated heterocycles. The highest BCUT2D eigenvalue weighted by Crippen LogP contribution is 2.41. The van der Waals surface area contributed by atoms with Crippen LogP contribution in [0.3, 0.4) is 0 Å². The van der Waals surface area contributed by atoms with Gasteiger partial charge in [-0.25, -0.2) is 0 Å². The number of halogens is 5. The third-order valence-electron chi connectivity index (χ3n) is 3.23. The molecular weight excluding hydrogens is 376 g/mol. The molecule has 0 aliphatic rings. The Balaban J connectivity index is 2.07. The molecular formula is C16H9Cl2F3N4. The topological polar surface area (TPSA) is 53.4 Å². The van der Waals surface area contributed by atoms with Gasteiger partial charge in [-0.05, 0) is 36.4 Å². The zero-order valence-electron chi connectivity index (χ0n) is 12.4. The quantitative estimate of drug-likeness (QED) is 0.495. The van der Waals surface area contributed by atoms with Gasteiger partial charge in [0.15, 0.2) is 5.69 Å². The minimum Gasteiger partial charge on any atom is -0.271 e. The van der Waals surface area contributed by atoms with Crippen LogP contribution in [-0.2, 0) is 6.18 Å². The lowest BCUT2D eigenvalue weighted by Gasteiger charge is -2.04. The summed E-state index contributed by atoms with van der Waals surface area (Å²) in [6, 6.07) is 12.4. The number of alkyl halides is 3. The van der Waals surface area contributed by atoms with Crippen LogP contribution in [0.2, 0.25) is 10.0 Å². The van der Waals surface area contributed by atoms with Gasteiger partial charge in [0.25, 0.3) is 0 Å². The molecule has 3 aromatic rings. The summed E-state index contributed by atoms with van der Waals surface area (Å²) in [4.78, 5) is 0. The average molecular weight is 385 g/mol. The molecule has 25 heavy (non-hydrogen) atoms. The molecule has 0 amide bonds. The molecule has 1 aromatic heterocycles. The maximum atomic E-state index is 13.2. The number of hydrogen-bond donors (Lipinski definition) is 1. The van der Waals surface area contributed by atoms with Gasteiger partial charge in [-0.15, -0.1) is 5.11 Å². The predicted molar refractivity (Wildman–Crippen MR) is 89.7 cm³/mol. The maximum absolute atomic E-state index is 13.2. The number of azo groups is 1. The van der Waals surface area contributed by atoms with Crippen molar-refractivity contribution in [1.82, 2.24) is 10.2 Å². The standard InChI is InChI=1S/C16H9Cl2F3N4/c17-10-3-1-9(2-4-10)13-14(15(25-23-13)16(19,20)21)24-22-12-7-5-11(18)6-8-12/h1-8H,(H,23,25). The van der Waals surface area contributed by atoms with E-state index in [0.29, 0.717) is 21.3 Å². The summed E-state index contributed by atoms with van der Waals surface area (Å²) in [7, 11) is 0. The van der Waals surface area contributed by atoms with Crippen LogP contribution in [0.5, 0.6) is 0 Å². The number of H-pyrrole nitrogens is 1. The predicted octanol–water partition coefficient (Wildman–Crippen LogP) is 6.82. The van der Waals surface area contributed by atoms with E-state index in [1.54, 1.807) is 48.5 Å². The molecule has 0 bridgehead atoms. The lowest BCUT2D eigenvalue weighted by atomic mass is 10.1. The SMILES string of the molecule is FC(F)(F)c1[nH]nc(-c2ccc(Cl)cc2)c1N=Nc1ccc(Cl)cc1. The normalized spacial score (nSPS) is 12.0. The monoisotopic (exact) mass is 384 g/mol. The van der Waals surface area contributed by atoms with E-state index in [-0.39, 0.29) is 5.69 Å². The second-order valence-electron chi connectivity index (χ2n) is 4.98. The molecule has 0 radical (unpaired) electrons. The van der Waals surface area contributed by atoms with Crippen LogP contribution in [-0.4, -0.2) is 10.2 Å². The second-order valence-corrected chi connectivity index (χ2v) is 5.85. The Labute approximate surface area is 150 Å². The van der Waals surface area contributed by atoms with Crippen LogP contribution >= 0.6 is 23.2 Å². The molecule has 3 rings (SSSR count). The molecule has 2 aromatic carbocycles. The van der Waals surface area contributed by atoms with Crippen LogP contribution in [0.15, 0.2) is 58.8 Å². The second kappa shape index (κ2) is 6.85. The number of rotatable bonds is 3. The molecule has 0 saturated carbocycles. The minimum absolute atomic E-state index is 0.0294. The Kier molecular flexibility index (Phi) is 4.78. The number of hydrogen-bond acceptors (Lipinski definition) is 3. The zero-order valence-corrected chi connectivity index (χ0v) is 13.9. The van der Waals surface area contributed by atoms with E-state index in [2.05, 4.69) is 15.3 Å². The van der Waals surface area contributed by atoms with Crippen molar-refractivity contribution in [2.45, 2.75) is 6.18 Å². The Morgan fingerprint density at radius 2 is 1.40 bits per heavy atom. The molecule has 0 spiro atoms. The van der Waals surface area contributed by atoms with Crippen LogP contribution in [0.25, 0.3) is 11.3 Å². The molecule has 0 aliphatic heterocycles. The third-order valence-corrected chi connectivity index (χ3v) is 3.74. The Bertz CT molecular complexity index is 901. The minimum atomic E-state index is -4.65. The van der Waals surface area contributed by atoms with Gasteiger partial charge in [0.2, 0.25) is 0 Å². The van der Waals surface area contributed by atoms with E-state index in [9.17, 15) is 13.2 Å². The van der Waals surface area contributed by atoms with Gasteiger partial charge in [0.1, 0.15) is 11.4 Å². The zero-order chi connectivity index (χ0) is 18.0. The summed E-state index contributed by atoms with van der Waals surface area (Å²) >= 11 is 11.6. The number of nitrogens with zero attached hydrogens (tertiary/aromatic N) is 3. The molecule has 0 atom stereocenters. The number of benzene rings is 2. The van der Waals surface area contributed by atoms with Gasteiger partial charge in [0.05, 0.1) is 5.69 Å². The van der Waals surface area contributed by atoms with Gasteiger partial charge in [0, 0.05) is 15.6 Å². The Morgan fingerprint density at radius 3 is 1.96 bits per heavy atom. The smallest absolute Gasteiger partial charge is 0.271 e. The Hall–Kier alpha value is -2.38. The lowest BCUT2D eigenvalue weighted by molar-refractivity contribution is -0.140. The van der Waals surface area contributed by atoms with Gasteiger partial charge in [-0.3, -0.25) is 5.10 Å². The average Bonchev–Trinajstić information content (AvgIpc) is 2.99. The van der Waals surface area contributed by atoms with Crippen molar-refractivity contribution in [3.8, 4) is 11.3 Å². The fourth-order valence-electron chi connectivity index (χ4n) is 2.06. The molecule has 1 N–H and O–H groups in total. The van der Waals surface area contributed by atoms with E-state index in [1.807, 2.05) is 5.10 Å². The van der Waals surface area contributed by atoms with E-state index in [0.717, 1.165) is 0 Å². The van der Waals surface area contributed by atoms with Crippen molar-refractivity contribution in [2.24, 2.45) is 10.2 Å². The molecule has 0 fully saturated rings. The number of aromatic nitrogens is 2. The van der Waals surface area contributed by atoms with Crippen molar-refractivity contribution in [1.29, 1.82) is 0 Å². The van der Waals surface area contributed by atoms with Crippen LogP contribution in [0, 0.1) is 0 Å². The molecule has 128 valence electrons. The van der Waals surface area contributed by atoms with Crippen molar-refractivity contribution in [3.05, 3.63) is 64.3 Å². The van der Waals surface area contributed by atoms with E-state index in [4.69, 9.17) is 23.2 Å². The molecule has 9 heteroatoms. The van der Waals surface area contributed by atoms with Gasteiger partial charge in [-0.2, -0.15) is 23.4 Å². The molecule has 0 unspecified atom stereocenters. The van der Waals surface area contributed by atoms with Gasteiger partial charge < -0.3 is 0 Å². The van der Waals surface area contributed by atoms with Crippen molar-refractivity contribution >= 4 is 34.6 Å². The molecule has 4 nitrogen and oxygen atoms in total. The molecule has 1 heterocycles. The van der Waals surface area contributed by atoms with Crippen LogP contribution in [0.4, 0.5) is 24.5 Å². The summed E-state index contributed by atoms with van der Waals surface area (Å²) in [5, 5.41) is 14.3. The first-order chi connectivity index (χ1) is 11.8. The van der Waals surface area contributed by atoms with E-state index in [1.165, 1.54) is 0 Å². The first-order valence-corrected chi connectivity index (χ1v) is 7.69. The third kappa shape index (κ3) is 4.00. The lowest BCUT2D eigenvalue weighted by Crippen LogP contribution is -2.05. The maximum Gasteiger partial charge on any atom is 0.435 e. The largest absolute Gasteiger partial charge is 0.435 e. The summed E-state index contributed by atoms with van der Waals surface area (Å²) < 4.78 is 39.6. The van der Waals surface area contributed by atoms with Crippen LogP contribution < -0.4 is 0 Å². The summed E-state index contributed by atoms with van der Waals surface area (Å²) in [5.74, 6) is 0. The first-order valence-electron chi connectivity index (χ1n) is 6.93. The summed E-state index contributed by atoms with van der Waals surface area (Å²) in [5.41, 5.74) is -0.649. The van der Waals surface area contributed by atoms with Gasteiger partial charge >= 0.3 is 6.18 Å². The molecule has 0 aliphatic carbocycles. The highest BCUT2D eigenvalue weighted by atomic mass is 35.5. The van der Waals surface area contributed by atoms with Crippen molar-refractivity contribution < 1.29 is 13.2 Å². The van der Waals surface area contributed by atoms with Gasteiger partial charge in [-0.1, -0.05) is 35.3 Å².